The highest BCUT2D eigenvalue weighted by Gasteiger charge is 2.32. The molecule has 2 aromatic carbocycles. The molecule has 44 heavy (non-hydrogen) atoms. The Morgan fingerprint density at radius 1 is 1.16 bits per heavy atom. The number of likely N-dealkylation sites (tertiary alicyclic amines) is 1. The number of hydrogen-bond donors (Lipinski definition) is 3. The lowest BCUT2D eigenvalue weighted by molar-refractivity contribution is -0.140. The Kier molecular flexibility index (Phi) is 10.7. The molecular formula is C30H36F4N4O5S. The van der Waals surface area contributed by atoms with E-state index in [1.807, 2.05) is 4.90 Å². The summed E-state index contributed by atoms with van der Waals surface area (Å²) in [6.45, 7) is -0.141. The lowest BCUT2D eigenvalue weighted by Gasteiger charge is -2.36. The van der Waals surface area contributed by atoms with Crippen molar-refractivity contribution in [1.29, 1.82) is 0 Å². The van der Waals surface area contributed by atoms with E-state index in [0.717, 1.165) is 10.8 Å². The molecule has 240 valence electrons. The van der Waals surface area contributed by atoms with Gasteiger partial charge in [-0.2, -0.15) is 13.2 Å². The SMILES string of the molecule is COC[C@H](O)CN1CC[C@H](Nc2cccc3c2cc(C#CCNc2ccc(S(C)(=O)=O)cc2OC)n3CC(F)(F)F)[C@@H](F)C1. The van der Waals surface area contributed by atoms with Crippen LogP contribution in [0.15, 0.2) is 47.4 Å². The number of halogens is 4. The van der Waals surface area contributed by atoms with Crippen molar-refractivity contribution in [3.8, 4) is 17.6 Å². The second kappa shape index (κ2) is 14.1. The molecule has 0 amide bonds. The fourth-order valence-electron chi connectivity index (χ4n) is 5.22. The minimum Gasteiger partial charge on any atom is -0.495 e. The Morgan fingerprint density at radius 2 is 1.93 bits per heavy atom. The molecule has 1 saturated heterocycles. The van der Waals surface area contributed by atoms with E-state index in [4.69, 9.17) is 9.47 Å². The molecule has 3 aromatic rings. The first kappa shape index (κ1) is 33.4. The van der Waals surface area contributed by atoms with Crippen LogP contribution < -0.4 is 15.4 Å². The van der Waals surface area contributed by atoms with E-state index in [0.29, 0.717) is 35.2 Å². The zero-order valence-electron chi connectivity index (χ0n) is 24.6. The number of β-amino-alcohol motifs (C(OH)–C–C–N with tert-alkyl or cyclic N) is 1. The average Bonchev–Trinajstić information content (AvgIpc) is 3.28. The van der Waals surface area contributed by atoms with E-state index in [9.17, 15) is 26.7 Å². The van der Waals surface area contributed by atoms with Crippen LogP contribution in [0.3, 0.4) is 0 Å². The first-order valence-corrected chi connectivity index (χ1v) is 15.8. The number of nitrogens with zero attached hydrogens (tertiary/aromatic N) is 2. The summed E-state index contributed by atoms with van der Waals surface area (Å²) in [6.07, 6.45) is -4.98. The van der Waals surface area contributed by atoms with Gasteiger partial charge in [0.1, 0.15) is 18.5 Å². The standard InChI is InChI=1S/C30H36F4N4O5S/c1-42-18-21(39)16-37-13-11-26(24(31)17-37)36-25-7-4-8-28-23(25)14-20(38(28)19-30(32,33)34)6-5-12-35-27-10-9-22(44(3,40)41)15-29(27)43-2/h4,7-10,14-15,21,24,26,35-36,39H,11-13,16-19H2,1-3H3/t21-,24+,26+/m1/s1. The van der Waals surface area contributed by atoms with Crippen LogP contribution in [0.4, 0.5) is 28.9 Å². The normalized spacial score (nSPS) is 18.5. The minimum atomic E-state index is -4.51. The molecule has 0 spiro atoms. The number of aromatic nitrogens is 1. The van der Waals surface area contributed by atoms with Gasteiger partial charge >= 0.3 is 6.18 Å². The van der Waals surface area contributed by atoms with Crippen molar-refractivity contribution in [2.45, 2.75) is 42.4 Å². The molecule has 3 atom stereocenters. The molecule has 1 fully saturated rings. The highest BCUT2D eigenvalue weighted by atomic mass is 32.2. The maximum absolute atomic E-state index is 15.2. The number of hydrogen-bond acceptors (Lipinski definition) is 8. The van der Waals surface area contributed by atoms with Crippen molar-refractivity contribution >= 4 is 32.1 Å². The lowest BCUT2D eigenvalue weighted by atomic mass is 10.0. The summed E-state index contributed by atoms with van der Waals surface area (Å²) in [7, 11) is -0.571. The van der Waals surface area contributed by atoms with E-state index in [-0.39, 0.29) is 42.6 Å². The zero-order valence-corrected chi connectivity index (χ0v) is 25.4. The van der Waals surface area contributed by atoms with Gasteiger partial charge in [-0.15, -0.1) is 0 Å². The van der Waals surface area contributed by atoms with Gasteiger partial charge < -0.3 is 29.8 Å². The van der Waals surface area contributed by atoms with Crippen LogP contribution in [0, 0.1) is 11.8 Å². The second-order valence-corrected chi connectivity index (χ2v) is 12.7. The minimum absolute atomic E-state index is 0.0361. The third-order valence-electron chi connectivity index (χ3n) is 7.26. The largest absolute Gasteiger partial charge is 0.495 e. The van der Waals surface area contributed by atoms with Crippen LogP contribution in [0.5, 0.6) is 5.75 Å². The number of piperidine rings is 1. The molecule has 0 unspecified atom stereocenters. The second-order valence-electron chi connectivity index (χ2n) is 10.7. The molecule has 14 heteroatoms. The molecule has 0 radical (unpaired) electrons. The van der Waals surface area contributed by atoms with Crippen molar-refractivity contribution in [1.82, 2.24) is 9.47 Å². The number of methoxy groups -OCH3 is 2. The summed E-state index contributed by atoms with van der Waals surface area (Å²) in [4.78, 5) is 1.90. The smallest absolute Gasteiger partial charge is 0.406 e. The summed E-state index contributed by atoms with van der Waals surface area (Å²) < 4.78 is 90.9. The predicted octanol–water partition coefficient (Wildman–Crippen LogP) is 3.91. The third-order valence-corrected chi connectivity index (χ3v) is 8.37. The van der Waals surface area contributed by atoms with E-state index < -0.39 is 40.9 Å². The summed E-state index contributed by atoms with van der Waals surface area (Å²) in [6, 6.07) is 10.2. The molecule has 0 saturated carbocycles. The van der Waals surface area contributed by atoms with Crippen LogP contribution in [0.2, 0.25) is 0 Å². The van der Waals surface area contributed by atoms with Gasteiger partial charge in [0.05, 0.1) is 54.2 Å². The monoisotopic (exact) mass is 640 g/mol. The number of aliphatic hydroxyl groups excluding tert-OH is 1. The third kappa shape index (κ3) is 8.56. The van der Waals surface area contributed by atoms with Crippen molar-refractivity contribution in [3.63, 3.8) is 0 Å². The van der Waals surface area contributed by atoms with E-state index >= 15 is 4.39 Å². The Labute approximate surface area is 254 Å². The number of anilines is 2. The van der Waals surface area contributed by atoms with Gasteiger partial charge in [0, 0.05) is 50.1 Å². The Morgan fingerprint density at radius 3 is 2.59 bits per heavy atom. The molecule has 1 aliphatic heterocycles. The van der Waals surface area contributed by atoms with Crippen molar-refractivity contribution < 1.29 is 40.6 Å². The first-order chi connectivity index (χ1) is 20.8. The molecule has 3 N–H and O–H groups in total. The highest BCUT2D eigenvalue weighted by Crippen LogP contribution is 2.32. The molecule has 0 aliphatic carbocycles. The van der Waals surface area contributed by atoms with Gasteiger partial charge in [-0.1, -0.05) is 12.0 Å². The molecule has 9 nitrogen and oxygen atoms in total. The van der Waals surface area contributed by atoms with Crippen LogP contribution in [0.25, 0.3) is 10.9 Å². The Hall–Kier alpha value is -3.51. The summed E-state index contributed by atoms with van der Waals surface area (Å²) in [5.74, 6) is 5.92. The Balaban J connectivity index is 1.54. The molecule has 4 rings (SSSR count). The van der Waals surface area contributed by atoms with Gasteiger partial charge in [-0.3, -0.25) is 4.90 Å². The van der Waals surface area contributed by atoms with Gasteiger partial charge in [0.25, 0.3) is 0 Å². The maximum atomic E-state index is 15.2. The molecule has 1 aromatic heterocycles. The predicted molar refractivity (Wildman–Crippen MR) is 161 cm³/mol. The number of alkyl halides is 4. The van der Waals surface area contributed by atoms with Gasteiger partial charge in [-0.05, 0) is 42.7 Å². The summed E-state index contributed by atoms with van der Waals surface area (Å²) in [5, 5.41) is 16.7. The van der Waals surface area contributed by atoms with Crippen molar-refractivity contribution in [2.75, 3.05) is 63.9 Å². The number of nitrogens with one attached hydrogen (secondary N) is 2. The fourth-order valence-corrected chi connectivity index (χ4v) is 5.86. The van der Waals surface area contributed by atoms with E-state index in [1.165, 1.54) is 32.4 Å². The van der Waals surface area contributed by atoms with Crippen LogP contribution in [-0.2, 0) is 21.1 Å². The highest BCUT2D eigenvalue weighted by molar-refractivity contribution is 7.90. The molecular weight excluding hydrogens is 604 g/mol. The summed E-state index contributed by atoms with van der Waals surface area (Å²) in [5.41, 5.74) is 1.40. The van der Waals surface area contributed by atoms with E-state index in [2.05, 4.69) is 22.5 Å². The van der Waals surface area contributed by atoms with E-state index in [1.54, 1.807) is 24.3 Å². The fraction of sp³-hybridized carbons (Fsp3) is 0.467. The summed E-state index contributed by atoms with van der Waals surface area (Å²) >= 11 is 0. The Bertz CT molecular complexity index is 1620. The van der Waals surface area contributed by atoms with Gasteiger partial charge in [0.15, 0.2) is 9.84 Å². The number of fused-ring (bicyclic) bond motifs is 1. The van der Waals surface area contributed by atoms with Gasteiger partial charge in [-0.25, -0.2) is 12.8 Å². The van der Waals surface area contributed by atoms with Gasteiger partial charge in [0.2, 0.25) is 0 Å². The number of ether oxygens (including phenoxy) is 2. The van der Waals surface area contributed by atoms with Crippen LogP contribution in [0.1, 0.15) is 12.1 Å². The van der Waals surface area contributed by atoms with Crippen molar-refractivity contribution in [3.05, 3.63) is 48.2 Å². The first-order valence-electron chi connectivity index (χ1n) is 13.9. The number of benzene rings is 2. The van der Waals surface area contributed by atoms with Crippen LogP contribution >= 0.6 is 0 Å². The van der Waals surface area contributed by atoms with Crippen LogP contribution in [-0.4, -0.2) is 101 Å². The molecule has 2 heterocycles. The maximum Gasteiger partial charge on any atom is 0.406 e. The topological polar surface area (TPSA) is 105 Å². The lowest BCUT2D eigenvalue weighted by Crippen LogP contribution is -2.50. The quantitative estimate of drug-likeness (QED) is 0.214. The zero-order chi connectivity index (χ0) is 32.1. The van der Waals surface area contributed by atoms with Crippen molar-refractivity contribution in [2.24, 2.45) is 0 Å². The average molecular weight is 641 g/mol. The molecule has 0 bridgehead atoms. The number of aliphatic hydroxyl groups is 1. The molecule has 1 aliphatic rings. The number of sulfone groups is 1. The number of rotatable bonds is 11.